The van der Waals surface area contributed by atoms with E-state index in [-0.39, 0.29) is 21.7 Å². The molecule has 0 N–H and O–H groups in total. The summed E-state index contributed by atoms with van der Waals surface area (Å²) in [6, 6.07) is -1.10. The molecule has 35 heavy (non-hydrogen) atoms. The van der Waals surface area contributed by atoms with Gasteiger partial charge in [0.1, 0.15) is 6.10 Å². The van der Waals surface area contributed by atoms with E-state index >= 15 is 0 Å². The van der Waals surface area contributed by atoms with E-state index in [4.69, 9.17) is 18.0 Å². The highest BCUT2D eigenvalue weighted by atomic mass is 28.4. The number of ether oxygens (including phenoxy) is 1. The molecular weight excluding hydrogens is 495 g/mol. The van der Waals surface area contributed by atoms with Crippen LogP contribution in [0.1, 0.15) is 62.3 Å². The molecule has 11 heteroatoms. The van der Waals surface area contributed by atoms with Gasteiger partial charge in [0.15, 0.2) is 37.1 Å². The highest BCUT2D eigenvalue weighted by Crippen LogP contribution is 2.43. The lowest BCUT2D eigenvalue weighted by molar-refractivity contribution is -0.182. The van der Waals surface area contributed by atoms with Crippen LogP contribution < -0.4 is 0 Å². The minimum Gasteiger partial charge on any atom is -0.457 e. The van der Waals surface area contributed by atoms with Gasteiger partial charge in [-0.2, -0.15) is 0 Å². The van der Waals surface area contributed by atoms with Crippen molar-refractivity contribution in [1.82, 2.24) is 0 Å². The molecule has 8 nitrogen and oxygen atoms in total. The molecule has 0 radical (unpaired) electrons. The Balaban J connectivity index is 3.58. The summed E-state index contributed by atoms with van der Waals surface area (Å²) < 4.78 is 26.1. The third-order valence-corrected chi connectivity index (χ3v) is 22.0. The maximum atomic E-state index is 13.1. The molecule has 0 aliphatic carbocycles. The van der Waals surface area contributed by atoms with Crippen LogP contribution in [-0.2, 0) is 22.8 Å². The van der Waals surface area contributed by atoms with E-state index in [1.165, 1.54) is 0 Å². The first-order valence-corrected chi connectivity index (χ1v) is 21.3. The zero-order chi connectivity index (χ0) is 27.8. The number of cyclic esters (lactones) is 1. The summed E-state index contributed by atoms with van der Waals surface area (Å²) >= 11 is 0. The van der Waals surface area contributed by atoms with Gasteiger partial charge in [0.2, 0.25) is 0 Å². The maximum absolute atomic E-state index is 13.1. The van der Waals surface area contributed by atoms with E-state index < -0.39 is 55.3 Å². The highest BCUT2D eigenvalue weighted by molar-refractivity contribution is 6.75. The normalized spacial score (nSPS) is 25.2. The Morgan fingerprint density at radius 2 is 1.20 bits per heavy atom. The molecule has 0 aromatic heterocycles. The quantitative estimate of drug-likeness (QED) is 0.104. The molecule has 1 fully saturated rings. The van der Waals surface area contributed by atoms with Crippen molar-refractivity contribution < 1.29 is 22.8 Å². The average Bonchev–Trinajstić information content (AvgIpc) is 2.62. The molecule has 1 aliphatic heterocycles. The average molecular weight is 546 g/mol. The van der Waals surface area contributed by atoms with Crippen molar-refractivity contribution in [2.75, 3.05) is 6.61 Å². The molecule has 0 saturated carbocycles. The number of nitrogens with zero attached hydrogens (tertiary/aromatic N) is 3. The number of carbonyl (C=O) groups excluding carboxylic acids is 1. The van der Waals surface area contributed by atoms with Crippen LogP contribution in [0.25, 0.3) is 10.4 Å². The van der Waals surface area contributed by atoms with Crippen molar-refractivity contribution in [2.24, 2.45) is 5.11 Å². The molecule has 1 aliphatic rings. The molecule has 0 bridgehead atoms. The van der Waals surface area contributed by atoms with E-state index in [1.54, 1.807) is 0 Å². The van der Waals surface area contributed by atoms with Gasteiger partial charge in [-0.3, -0.25) is 4.79 Å². The summed E-state index contributed by atoms with van der Waals surface area (Å²) in [4.78, 5) is 16.1. The molecular formula is C24H51N3O5Si3. The van der Waals surface area contributed by atoms with E-state index in [2.05, 4.69) is 112 Å². The first kappa shape index (κ1) is 32.3. The second-order valence-electron chi connectivity index (χ2n) is 14.4. The number of esters is 1. The van der Waals surface area contributed by atoms with E-state index in [1.807, 2.05) is 0 Å². The zero-order valence-corrected chi connectivity index (χ0v) is 27.9. The summed E-state index contributed by atoms with van der Waals surface area (Å²) in [5.74, 6) is -0.578. The molecule has 1 saturated heterocycles. The van der Waals surface area contributed by atoms with E-state index in [0.29, 0.717) is 0 Å². The van der Waals surface area contributed by atoms with Crippen molar-refractivity contribution in [3.63, 3.8) is 0 Å². The number of hydrogen-bond donors (Lipinski definition) is 0. The van der Waals surface area contributed by atoms with Gasteiger partial charge in [0.25, 0.3) is 0 Å². The van der Waals surface area contributed by atoms with Crippen LogP contribution in [0, 0.1) is 0 Å². The summed E-state index contributed by atoms with van der Waals surface area (Å²) in [6.45, 7) is 32.6. The Labute approximate surface area is 216 Å². The lowest BCUT2D eigenvalue weighted by Gasteiger charge is -2.50. The summed E-state index contributed by atoms with van der Waals surface area (Å²) in [6.07, 6.45) is -1.98. The van der Waals surface area contributed by atoms with Gasteiger partial charge >= 0.3 is 5.97 Å². The largest absolute Gasteiger partial charge is 0.457 e. The van der Waals surface area contributed by atoms with Crippen LogP contribution in [0.5, 0.6) is 0 Å². The van der Waals surface area contributed by atoms with Gasteiger partial charge in [0, 0.05) is 4.91 Å². The predicted molar refractivity (Wildman–Crippen MR) is 150 cm³/mol. The molecule has 0 spiro atoms. The SMILES string of the molecule is CC(C)(C)[Si](C)(C)OC[C@H]1OC(=O)[C@H](N=[N+]=[N-])[C@@H](O[Si](C)(C)C(C)(C)C)[C@H]1O[Si](C)(C)C(C)(C)C. The van der Waals surface area contributed by atoms with Gasteiger partial charge < -0.3 is 18.0 Å². The topological polar surface area (TPSA) is 103 Å². The lowest BCUT2D eigenvalue weighted by Crippen LogP contribution is -2.64. The standard InChI is InChI=1S/C24H51N3O5Si3/c1-22(2,3)33(10,11)29-16-17-19(31-34(12,13)23(4,5)6)20(18(26-27-25)21(28)30-17)32-35(14,15)24(7,8)9/h17-20H,16H2,1-15H3/t17-,18-,19+,20-/m1/s1. The predicted octanol–water partition coefficient (Wildman–Crippen LogP) is 7.39. The molecule has 204 valence electrons. The van der Waals surface area contributed by atoms with Gasteiger partial charge in [-0.25, -0.2) is 0 Å². The molecule has 0 amide bonds. The minimum atomic E-state index is -2.36. The van der Waals surface area contributed by atoms with Crippen LogP contribution in [0.15, 0.2) is 5.11 Å². The molecule has 1 heterocycles. The molecule has 4 atom stereocenters. The molecule has 0 aromatic rings. The van der Waals surface area contributed by atoms with Crippen LogP contribution in [0.2, 0.25) is 54.4 Å². The Hall–Kier alpha value is -0.689. The van der Waals surface area contributed by atoms with Crippen molar-refractivity contribution >= 4 is 30.9 Å². The van der Waals surface area contributed by atoms with E-state index in [0.717, 1.165) is 0 Å². The second-order valence-corrected chi connectivity index (χ2v) is 28.7. The fraction of sp³-hybridized carbons (Fsp3) is 0.958. The van der Waals surface area contributed by atoms with Gasteiger partial charge in [-0.1, -0.05) is 67.4 Å². The molecule has 0 aromatic carbocycles. The minimum absolute atomic E-state index is 0.00609. The third kappa shape index (κ3) is 7.66. The zero-order valence-electron chi connectivity index (χ0n) is 24.9. The third-order valence-electron chi connectivity index (χ3n) is 8.57. The van der Waals surface area contributed by atoms with Crippen LogP contribution in [0.3, 0.4) is 0 Å². The maximum Gasteiger partial charge on any atom is 0.318 e. The first-order valence-electron chi connectivity index (χ1n) is 12.6. The monoisotopic (exact) mass is 545 g/mol. The van der Waals surface area contributed by atoms with Gasteiger partial charge in [0.05, 0.1) is 12.7 Å². The van der Waals surface area contributed by atoms with Gasteiger partial charge in [-0.15, -0.1) is 0 Å². The molecule has 0 unspecified atom stereocenters. The fourth-order valence-corrected chi connectivity index (χ4v) is 6.55. The number of carbonyl (C=O) groups is 1. The van der Waals surface area contributed by atoms with Crippen molar-refractivity contribution in [2.45, 2.75) is 141 Å². The van der Waals surface area contributed by atoms with Crippen LogP contribution >= 0.6 is 0 Å². The highest BCUT2D eigenvalue weighted by Gasteiger charge is 2.54. The summed E-state index contributed by atoms with van der Waals surface area (Å²) in [5.41, 5.74) is 9.28. The molecule has 1 rings (SSSR count). The smallest absolute Gasteiger partial charge is 0.318 e. The number of azide groups is 1. The summed E-state index contributed by atoms with van der Waals surface area (Å²) in [5, 5.41) is 3.67. The Morgan fingerprint density at radius 1 is 0.800 bits per heavy atom. The van der Waals surface area contributed by atoms with Crippen LogP contribution in [0.4, 0.5) is 0 Å². The number of rotatable bonds is 8. The summed E-state index contributed by atoms with van der Waals surface area (Å²) in [7, 11) is -6.80. The Morgan fingerprint density at radius 3 is 1.57 bits per heavy atom. The van der Waals surface area contributed by atoms with Gasteiger partial charge in [-0.05, 0) is 59.9 Å². The Kier molecular flexibility index (Phi) is 9.78. The lowest BCUT2D eigenvalue weighted by atomic mass is 9.98. The van der Waals surface area contributed by atoms with Crippen molar-refractivity contribution in [1.29, 1.82) is 0 Å². The van der Waals surface area contributed by atoms with Crippen LogP contribution in [-0.4, -0.2) is 61.9 Å². The Bertz CT molecular complexity index is 807. The van der Waals surface area contributed by atoms with Crippen molar-refractivity contribution in [3.05, 3.63) is 10.4 Å². The number of hydrogen-bond acceptors (Lipinski definition) is 6. The first-order chi connectivity index (χ1) is 15.4. The fourth-order valence-electron chi connectivity index (χ4n) is 2.92. The van der Waals surface area contributed by atoms with Crippen molar-refractivity contribution in [3.8, 4) is 0 Å². The second kappa shape index (κ2) is 10.6. The van der Waals surface area contributed by atoms with E-state index in [9.17, 15) is 10.3 Å².